The number of anilines is 1. The van der Waals surface area contributed by atoms with E-state index < -0.39 is 0 Å². The fourth-order valence-electron chi connectivity index (χ4n) is 3.43. The van der Waals surface area contributed by atoms with E-state index in [-0.39, 0.29) is 17.3 Å². The Bertz CT molecular complexity index is 849. The smallest absolute Gasteiger partial charge is 0.341 e. The number of rotatable bonds is 3. The van der Waals surface area contributed by atoms with E-state index in [2.05, 4.69) is 9.88 Å². The molecule has 144 valence electrons. The van der Waals surface area contributed by atoms with Crippen LogP contribution in [-0.2, 0) is 9.53 Å². The molecule has 27 heavy (non-hydrogen) atoms. The normalized spacial score (nSPS) is 15.1. The topological polar surface area (TPSA) is 62.7 Å². The lowest BCUT2D eigenvalue weighted by molar-refractivity contribution is -0.139. The quantitative estimate of drug-likeness (QED) is 0.778. The van der Waals surface area contributed by atoms with Gasteiger partial charge in [-0.2, -0.15) is 0 Å². The average Bonchev–Trinajstić information content (AvgIpc) is 2.66. The minimum absolute atomic E-state index is 0.160. The van der Waals surface area contributed by atoms with Crippen molar-refractivity contribution in [3.63, 3.8) is 0 Å². The first-order chi connectivity index (χ1) is 12.8. The Balaban J connectivity index is 1.93. The molecule has 0 atom stereocenters. The number of pyridine rings is 1. The van der Waals surface area contributed by atoms with Crippen LogP contribution < -0.4 is 4.90 Å². The molecule has 0 saturated carbocycles. The van der Waals surface area contributed by atoms with E-state index in [1.54, 1.807) is 13.1 Å². The number of hydrogen-bond donors (Lipinski definition) is 0. The minimum Gasteiger partial charge on any atom is -0.462 e. The third-order valence-electron chi connectivity index (χ3n) is 4.77. The minimum atomic E-state index is -0.387. The molecule has 2 heterocycles. The number of hydrogen-bond acceptors (Lipinski definition) is 5. The molecule has 0 bridgehead atoms. The Morgan fingerprint density at radius 3 is 2.41 bits per heavy atom. The van der Waals surface area contributed by atoms with Crippen LogP contribution in [0.15, 0.2) is 30.5 Å². The van der Waals surface area contributed by atoms with Crippen molar-refractivity contribution in [1.29, 1.82) is 0 Å². The maximum atomic E-state index is 12.6. The van der Waals surface area contributed by atoms with Gasteiger partial charge in [0.15, 0.2) is 0 Å². The summed E-state index contributed by atoms with van der Waals surface area (Å²) in [5.74, 6) is -0.202. The monoisotopic (exact) mass is 369 g/mol. The van der Waals surface area contributed by atoms with Gasteiger partial charge in [-0.15, -0.1) is 0 Å². The Labute approximate surface area is 160 Å². The number of aromatic nitrogens is 1. The summed E-state index contributed by atoms with van der Waals surface area (Å²) in [6, 6.07) is 7.80. The fourth-order valence-corrected chi connectivity index (χ4v) is 3.43. The van der Waals surface area contributed by atoms with E-state index in [0.29, 0.717) is 38.3 Å². The molecule has 6 heteroatoms. The van der Waals surface area contributed by atoms with Crippen LogP contribution in [0.25, 0.3) is 10.9 Å². The molecule has 1 saturated heterocycles. The molecule has 1 fully saturated rings. The molecule has 0 unspecified atom stereocenters. The number of esters is 1. The summed E-state index contributed by atoms with van der Waals surface area (Å²) in [7, 11) is 0. The number of fused-ring (bicyclic) bond motifs is 1. The number of amides is 1. The lowest BCUT2D eigenvalue weighted by Crippen LogP contribution is -2.52. The van der Waals surface area contributed by atoms with Gasteiger partial charge in [0.1, 0.15) is 5.56 Å². The van der Waals surface area contributed by atoms with Gasteiger partial charge >= 0.3 is 5.97 Å². The van der Waals surface area contributed by atoms with Crippen LogP contribution in [-0.4, -0.2) is 54.5 Å². The van der Waals surface area contributed by atoms with E-state index in [0.717, 1.165) is 16.6 Å². The first-order valence-corrected chi connectivity index (χ1v) is 9.42. The van der Waals surface area contributed by atoms with Crippen molar-refractivity contribution in [2.75, 3.05) is 37.7 Å². The molecular formula is C21H27N3O3. The standard InChI is InChI=1S/C21H27N3O3/c1-5-27-19(25)16-14-22-17-9-7-6-8-15(17)18(16)23-10-12-24(13-11-23)20(26)21(2,3)4/h6-9,14H,5,10-13H2,1-4H3. The zero-order valence-electron chi connectivity index (χ0n) is 16.5. The SMILES string of the molecule is CCOC(=O)c1cnc2ccccc2c1N1CCN(C(=O)C(C)(C)C)CC1. The number of nitrogens with zero attached hydrogens (tertiary/aromatic N) is 3. The second-order valence-corrected chi connectivity index (χ2v) is 7.79. The van der Waals surface area contributed by atoms with Crippen molar-refractivity contribution in [2.24, 2.45) is 5.41 Å². The molecular weight excluding hydrogens is 342 g/mol. The van der Waals surface area contributed by atoms with Crippen molar-refractivity contribution >= 4 is 28.5 Å². The summed E-state index contributed by atoms with van der Waals surface area (Å²) < 4.78 is 5.24. The van der Waals surface area contributed by atoms with Gasteiger partial charge in [0.2, 0.25) is 5.91 Å². The molecule has 0 N–H and O–H groups in total. The zero-order valence-corrected chi connectivity index (χ0v) is 16.5. The van der Waals surface area contributed by atoms with Gasteiger partial charge < -0.3 is 14.5 Å². The van der Waals surface area contributed by atoms with Gasteiger partial charge in [-0.05, 0) is 13.0 Å². The summed E-state index contributed by atoms with van der Waals surface area (Å²) in [5.41, 5.74) is 1.78. The zero-order chi connectivity index (χ0) is 19.6. The van der Waals surface area contributed by atoms with Crippen molar-refractivity contribution in [3.8, 4) is 0 Å². The molecule has 1 aliphatic heterocycles. The van der Waals surface area contributed by atoms with Crippen LogP contribution in [0, 0.1) is 5.41 Å². The molecule has 0 spiro atoms. The molecule has 0 radical (unpaired) electrons. The second kappa shape index (κ2) is 7.55. The van der Waals surface area contributed by atoms with Gasteiger partial charge in [-0.1, -0.05) is 39.0 Å². The maximum Gasteiger partial charge on any atom is 0.341 e. The summed E-state index contributed by atoms with van der Waals surface area (Å²) in [6.45, 7) is 10.5. The fraction of sp³-hybridized carbons (Fsp3) is 0.476. The highest BCUT2D eigenvalue weighted by molar-refractivity contribution is 6.05. The van der Waals surface area contributed by atoms with Gasteiger partial charge in [-0.3, -0.25) is 9.78 Å². The summed E-state index contributed by atoms with van der Waals surface area (Å²) >= 11 is 0. The van der Waals surface area contributed by atoms with Crippen LogP contribution in [0.4, 0.5) is 5.69 Å². The maximum absolute atomic E-state index is 12.6. The first-order valence-electron chi connectivity index (χ1n) is 9.42. The molecule has 2 aromatic rings. The van der Waals surface area contributed by atoms with Crippen molar-refractivity contribution < 1.29 is 14.3 Å². The van der Waals surface area contributed by atoms with Gasteiger partial charge in [0, 0.05) is 43.2 Å². The van der Waals surface area contributed by atoms with E-state index in [9.17, 15) is 9.59 Å². The van der Waals surface area contributed by atoms with Crippen molar-refractivity contribution in [3.05, 3.63) is 36.0 Å². The van der Waals surface area contributed by atoms with E-state index in [4.69, 9.17) is 4.74 Å². The van der Waals surface area contributed by atoms with Crippen LogP contribution >= 0.6 is 0 Å². The molecule has 3 rings (SSSR count). The molecule has 1 aromatic heterocycles. The number of para-hydroxylation sites is 1. The van der Waals surface area contributed by atoms with E-state index >= 15 is 0 Å². The Hall–Kier alpha value is -2.63. The number of benzene rings is 1. The predicted molar refractivity (Wildman–Crippen MR) is 106 cm³/mol. The summed E-state index contributed by atoms with van der Waals surface area (Å²) in [6.07, 6.45) is 1.60. The van der Waals surface area contributed by atoms with Gasteiger partial charge in [0.05, 0.1) is 17.8 Å². The van der Waals surface area contributed by atoms with E-state index in [1.807, 2.05) is 49.9 Å². The van der Waals surface area contributed by atoms with Crippen LogP contribution in [0.2, 0.25) is 0 Å². The Kier molecular flexibility index (Phi) is 5.35. The molecule has 6 nitrogen and oxygen atoms in total. The number of carbonyl (C=O) groups is 2. The number of carbonyl (C=O) groups excluding carboxylic acids is 2. The van der Waals surface area contributed by atoms with Crippen LogP contribution in [0.1, 0.15) is 38.1 Å². The van der Waals surface area contributed by atoms with Crippen LogP contribution in [0.3, 0.4) is 0 Å². The largest absolute Gasteiger partial charge is 0.462 e. The van der Waals surface area contributed by atoms with Gasteiger partial charge in [0.25, 0.3) is 0 Å². The predicted octanol–water partition coefficient (Wildman–Crippen LogP) is 3.11. The Morgan fingerprint density at radius 1 is 1.11 bits per heavy atom. The second-order valence-electron chi connectivity index (χ2n) is 7.79. The summed E-state index contributed by atoms with van der Waals surface area (Å²) in [4.78, 5) is 33.6. The highest BCUT2D eigenvalue weighted by Crippen LogP contribution is 2.31. The highest BCUT2D eigenvalue weighted by atomic mass is 16.5. The lowest BCUT2D eigenvalue weighted by Gasteiger charge is -2.39. The van der Waals surface area contributed by atoms with Gasteiger partial charge in [-0.25, -0.2) is 4.79 Å². The molecule has 1 aromatic carbocycles. The highest BCUT2D eigenvalue weighted by Gasteiger charge is 2.31. The third-order valence-corrected chi connectivity index (χ3v) is 4.77. The number of ether oxygens (including phenoxy) is 1. The van der Waals surface area contributed by atoms with Crippen molar-refractivity contribution in [1.82, 2.24) is 9.88 Å². The lowest BCUT2D eigenvalue weighted by atomic mass is 9.94. The molecule has 1 amide bonds. The number of piperazine rings is 1. The Morgan fingerprint density at radius 2 is 1.78 bits per heavy atom. The van der Waals surface area contributed by atoms with Crippen LogP contribution in [0.5, 0.6) is 0 Å². The molecule has 0 aliphatic carbocycles. The first kappa shape index (κ1) is 19.1. The van der Waals surface area contributed by atoms with Crippen molar-refractivity contribution in [2.45, 2.75) is 27.7 Å². The average molecular weight is 369 g/mol. The van der Waals surface area contributed by atoms with E-state index in [1.165, 1.54) is 0 Å². The summed E-state index contributed by atoms with van der Waals surface area (Å²) in [5, 5.41) is 0.929. The third kappa shape index (κ3) is 3.89. The molecule has 1 aliphatic rings.